The monoisotopic (exact) mass is 471 g/mol. The second kappa shape index (κ2) is 11.9. The zero-order chi connectivity index (χ0) is 23.0. The minimum Gasteiger partial charge on any atom is -0.497 e. The quantitative estimate of drug-likeness (QED) is 0.542. The number of carbonyl (C=O) groups excluding carboxylic acids is 1. The summed E-state index contributed by atoms with van der Waals surface area (Å²) in [6.07, 6.45) is 9.91. The number of amides is 1. The zero-order valence-electron chi connectivity index (χ0n) is 20.0. The Labute approximate surface area is 201 Å². The topological polar surface area (TPSA) is 72.3 Å². The van der Waals surface area contributed by atoms with Crippen LogP contribution in [0.25, 0.3) is 0 Å². The molecule has 1 aliphatic heterocycles. The lowest BCUT2D eigenvalue weighted by Gasteiger charge is -2.35. The molecule has 1 amide bonds. The van der Waals surface area contributed by atoms with E-state index in [0.29, 0.717) is 18.3 Å². The number of benzene rings is 1. The van der Waals surface area contributed by atoms with Crippen molar-refractivity contribution in [3.63, 3.8) is 0 Å². The summed E-state index contributed by atoms with van der Waals surface area (Å²) in [5.41, 5.74) is 1.22. The molecule has 1 aromatic carbocycles. The van der Waals surface area contributed by atoms with Crippen molar-refractivity contribution >= 4 is 17.7 Å². The van der Waals surface area contributed by atoms with Gasteiger partial charge in [-0.1, -0.05) is 49.6 Å². The van der Waals surface area contributed by atoms with Gasteiger partial charge in [-0.25, -0.2) is 0 Å². The van der Waals surface area contributed by atoms with Crippen LogP contribution in [-0.4, -0.2) is 58.1 Å². The fourth-order valence-corrected chi connectivity index (χ4v) is 5.99. The van der Waals surface area contributed by atoms with E-state index in [1.165, 1.54) is 68.7 Å². The summed E-state index contributed by atoms with van der Waals surface area (Å²) >= 11 is 1.50. The van der Waals surface area contributed by atoms with Crippen molar-refractivity contribution in [1.82, 2.24) is 25.0 Å². The third-order valence-corrected chi connectivity index (χ3v) is 7.87. The van der Waals surface area contributed by atoms with E-state index in [1.807, 2.05) is 19.1 Å². The first kappa shape index (κ1) is 24.1. The predicted molar refractivity (Wildman–Crippen MR) is 132 cm³/mol. The van der Waals surface area contributed by atoms with Crippen molar-refractivity contribution in [1.29, 1.82) is 0 Å². The Morgan fingerprint density at radius 1 is 1.09 bits per heavy atom. The van der Waals surface area contributed by atoms with Crippen LogP contribution in [0.5, 0.6) is 5.75 Å². The van der Waals surface area contributed by atoms with Crippen molar-refractivity contribution in [2.45, 2.75) is 75.5 Å². The second-order valence-electron chi connectivity index (χ2n) is 9.17. The summed E-state index contributed by atoms with van der Waals surface area (Å²) in [5.74, 6) is 2.22. The molecule has 0 radical (unpaired) electrons. The van der Waals surface area contributed by atoms with Crippen LogP contribution in [0, 0.1) is 6.92 Å². The number of nitrogens with one attached hydrogen (secondary N) is 1. The number of methoxy groups -OCH3 is 1. The Balaban J connectivity index is 1.35. The van der Waals surface area contributed by atoms with E-state index >= 15 is 0 Å². The maximum Gasteiger partial charge on any atom is 0.230 e. The normalized spacial score (nSPS) is 18.7. The summed E-state index contributed by atoms with van der Waals surface area (Å²) < 4.78 is 7.58. The first-order chi connectivity index (χ1) is 16.2. The molecule has 7 nitrogen and oxygen atoms in total. The molecule has 0 bridgehead atoms. The molecule has 0 spiro atoms. The Hall–Kier alpha value is -2.06. The molecule has 2 heterocycles. The van der Waals surface area contributed by atoms with Crippen molar-refractivity contribution < 1.29 is 9.53 Å². The third-order valence-electron chi connectivity index (χ3n) is 6.93. The molecule has 33 heavy (non-hydrogen) atoms. The van der Waals surface area contributed by atoms with E-state index in [1.54, 1.807) is 7.11 Å². The number of likely N-dealkylation sites (tertiary alicyclic amines) is 1. The number of nitrogens with zero attached hydrogens (tertiary/aromatic N) is 4. The van der Waals surface area contributed by atoms with Crippen LogP contribution in [0.3, 0.4) is 0 Å². The second-order valence-corrected chi connectivity index (χ2v) is 10.1. The Kier molecular flexibility index (Phi) is 8.67. The van der Waals surface area contributed by atoms with Crippen LogP contribution in [0.2, 0.25) is 0 Å². The minimum absolute atomic E-state index is 0.0476. The molecule has 1 atom stereocenters. The van der Waals surface area contributed by atoms with Crippen molar-refractivity contribution in [2.75, 3.05) is 32.5 Å². The summed E-state index contributed by atoms with van der Waals surface area (Å²) in [6.45, 7) is 4.78. The van der Waals surface area contributed by atoms with E-state index < -0.39 is 0 Å². The fourth-order valence-electron chi connectivity index (χ4n) is 5.11. The van der Waals surface area contributed by atoms with E-state index in [2.05, 4.69) is 37.1 Å². The maximum absolute atomic E-state index is 12.8. The molecule has 1 aromatic heterocycles. The van der Waals surface area contributed by atoms with Gasteiger partial charge in [-0.2, -0.15) is 0 Å². The zero-order valence-corrected chi connectivity index (χ0v) is 20.8. The molecule has 1 saturated heterocycles. The molecule has 2 aliphatic rings. The highest BCUT2D eigenvalue weighted by molar-refractivity contribution is 7.99. The molecule has 4 rings (SSSR count). The molecule has 0 unspecified atom stereocenters. The van der Waals surface area contributed by atoms with Gasteiger partial charge >= 0.3 is 0 Å². The molecule has 180 valence electrons. The van der Waals surface area contributed by atoms with Crippen LogP contribution in [0.4, 0.5) is 0 Å². The average Bonchev–Trinajstić information content (AvgIpc) is 3.24. The molecule has 8 heteroatoms. The number of piperidine rings is 1. The molecular formula is C25H37N5O2S. The van der Waals surface area contributed by atoms with Gasteiger partial charge in [-0.05, 0) is 63.4 Å². The van der Waals surface area contributed by atoms with Gasteiger partial charge < -0.3 is 14.6 Å². The molecule has 2 aromatic rings. The first-order valence-corrected chi connectivity index (χ1v) is 13.3. The summed E-state index contributed by atoms with van der Waals surface area (Å²) in [4.78, 5) is 15.3. The number of ether oxygens (including phenoxy) is 1. The lowest BCUT2D eigenvalue weighted by atomic mass is 9.95. The van der Waals surface area contributed by atoms with Crippen molar-refractivity contribution in [3.8, 4) is 5.75 Å². The van der Waals surface area contributed by atoms with Crippen LogP contribution < -0.4 is 10.1 Å². The van der Waals surface area contributed by atoms with Gasteiger partial charge in [0, 0.05) is 12.6 Å². The number of aromatic nitrogens is 3. The number of rotatable bonds is 9. The first-order valence-electron chi connectivity index (χ1n) is 12.3. The van der Waals surface area contributed by atoms with Crippen LogP contribution in [-0.2, 0) is 4.79 Å². The Morgan fingerprint density at radius 3 is 2.48 bits per heavy atom. The van der Waals surface area contributed by atoms with E-state index in [4.69, 9.17) is 4.74 Å². The summed E-state index contributed by atoms with van der Waals surface area (Å²) in [6, 6.07) is 8.90. The van der Waals surface area contributed by atoms with E-state index in [-0.39, 0.29) is 11.9 Å². The highest BCUT2D eigenvalue weighted by Crippen LogP contribution is 2.32. The molecule has 1 N–H and O–H groups in total. The third kappa shape index (κ3) is 6.29. The Morgan fingerprint density at radius 2 is 1.79 bits per heavy atom. The van der Waals surface area contributed by atoms with Gasteiger partial charge in [-0.15, -0.1) is 10.2 Å². The number of hydrogen-bond acceptors (Lipinski definition) is 6. The van der Waals surface area contributed by atoms with Gasteiger partial charge in [0.2, 0.25) is 5.91 Å². The molecular weight excluding hydrogens is 434 g/mol. The standard InChI is InChI=1S/C25H37N5O2S/c1-19-27-28-25(30(19)21-9-5-3-6-10-21)33-18-24(31)26-17-23(29-15-7-4-8-16-29)20-11-13-22(32-2)14-12-20/h11-14,21,23H,3-10,15-18H2,1-2H3,(H,26,31)/t23-/m0/s1. The SMILES string of the molecule is COc1ccc([C@H](CNC(=O)CSc2nnc(C)n2C2CCCCC2)N2CCCCC2)cc1. The lowest BCUT2D eigenvalue weighted by Crippen LogP contribution is -2.41. The summed E-state index contributed by atoms with van der Waals surface area (Å²) in [5, 5.41) is 12.7. The largest absolute Gasteiger partial charge is 0.497 e. The lowest BCUT2D eigenvalue weighted by molar-refractivity contribution is -0.118. The van der Waals surface area contributed by atoms with Crippen molar-refractivity contribution in [2.24, 2.45) is 0 Å². The van der Waals surface area contributed by atoms with Gasteiger partial charge in [0.25, 0.3) is 0 Å². The van der Waals surface area contributed by atoms with Crippen LogP contribution >= 0.6 is 11.8 Å². The van der Waals surface area contributed by atoms with E-state index in [0.717, 1.165) is 29.8 Å². The van der Waals surface area contributed by atoms with Gasteiger partial charge in [0.05, 0.1) is 18.9 Å². The summed E-state index contributed by atoms with van der Waals surface area (Å²) in [7, 11) is 1.69. The maximum atomic E-state index is 12.8. The van der Waals surface area contributed by atoms with E-state index in [9.17, 15) is 4.79 Å². The van der Waals surface area contributed by atoms with Crippen molar-refractivity contribution in [3.05, 3.63) is 35.7 Å². The van der Waals surface area contributed by atoms with Gasteiger partial charge in [0.15, 0.2) is 5.16 Å². The molecule has 1 saturated carbocycles. The number of aryl methyl sites for hydroxylation is 1. The fraction of sp³-hybridized carbons (Fsp3) is 0.640. The number of hydrogen-bond donors (Lipinski definition) is 1. The molecule has 2 fully saturated rings. The number of thioether (sulfide) groups is 1. The highest BCUT2D eigenvalue weighted by atomic mass is 32.2. The highest BCUT2D eigenvalue weighted by Gasteiger charge is 2.24. The predicted octanol–water partition coefficient (Wildman–Crippen LogP) is 4.54. The Bertz CT molecular complexity index is 889. The van der Waals surface area contributed by atoms with Gasteiger partial charge in [-0.3, -0.25) is 9.69 Å². The minimum atomic E-state index is 0.0476. The van der Waals surface area contributed by atoms with Crippen LogP contribution in [0.1, 0.15) is 74.8 Å². The number of carbonyl (C=O) groups is 1. The average molecular weight is 472 g/mol. The molecule has 1 aliphatic carbocycles. The smallest absolute Gasteiger partial charge is 0.230 e. The van der Waals surface area contributed by atoms with Gasteiger partial charge in [0.1, 0.15) is 11.6 Å². The van der Waals surface area contributed by atoms with Crippen LogP contribution in [0.15, 0.2) is 29.4 Å².